The lowest BCUT2D eigenvalue weighted by Gasteiger charge is -2.23. The molecule has 7 heteroatoms. The summed E-state index contributed by atoms with van der Waals surface area (Å²) in [6.07, 6.45) is 4.06. The highest BCUT2D eigenvalue weighted by Gasteiger charge is 2.52. The Hall–Kier alpha value is -2.25. The summed E-state index contributed by atoms with van der Waals surface area (Å²) in [5.41, 5.74) is 0.301. The third-order valence-electron chi connectivity index (χ3n) is 5.39. The number of halogens is 1. The number of non-ortho nitro benzene ring substituents is 1. The van der Waals surface area contributed by atoms with Gasteiger partial charge in [-0.1, -0.05) is 28.1 Å². The first-order chi connectivity index (χ1) is 13.0. The SMILES string of the molecule is O=[N+]([O-])c1cccc([C@]2(O)CN(c3ccc(Br)cc3)C3=[N+]2CCCCC3)c1. The Labute approximate surface area is 166 Å². The first-order valence-corrected chi connectivity index (χ1v) is 9.92. The van der Waals surface area contributed by atoms with Crippen LogP contribution in [0.5, 0.6) is 0 Å². The van der Waals surface area contributed by atoms with Crippen molar-refractivity contribution in [3.05, 3.63) is 68.7 Å². The van der Waals surface area contributed by atoms with Gasteiger partial charge in [-0.25, -0.2) is 9.48 Å². The molecule has 0 spiro atoms. The van der Waals surface area contributed by atoms with Crippen molar-refractivity contribution in [2.75, 3.05) is 18.0 Å². The number of rotatable bonds is 3. The first-order valence-electron chi connectivity index (χ1n) is 9.13. The second-order valence-electron chi connectivity index (χ2n) is 7.07. The van der Waals surface area contributed by atoms with Gasteiger partial charge >= 0.3 is 0 Å². The van der Waals surface area contributed by atoms with Gasteiger partial charge < -0.3 is 5.11 Å². The van der Waals surface area contributed by atoms with Crippen LogP contribution in [-0.2, 0) is 5.72 Å². The Balaban J connectivity index is 1.81. The zero-order valence-electron chi connectivity index (χ0n) is 14.8. The third-order valence-corrected chi connectivity index (χ3v) is 5.92. The smallest absolute Gasteiger partial charge is 0.271 e. The number of nitro groups is 1. The van der Waals surface area contributed by atoms with E-state index in [1.807, 2.05) is 28.8 Å². The second kappa shape index (κ2) is 7.05. The van der Waals surface area contributed by atoms with E-state index in [-0.39, 0.29) is 5.69 Å². The standard InChI is InChI=1S/C20H21BrN3O3/c21-16-8-10-17(11-9-16)22-14-20(25,23-12-3-1-2-7-19(22)23)15-5-4-6-18(13-15)24(26)27/h4-6,8-11,13,25H,1-3,7,12,14H2/q+1/t20-/m1/s1. The maximum Gasteiger partial charge on any atom is 0.271 e. The van der Waals surface area contributed by atoms with Crippen LogP contribution in [0.4, 0.5) is 11.4 Å². The van der Waals surface area contributed by atoms with Gasteiger partial charge in [0, 0.05) is 28.6 Å². The highest BCUT2D eigenvalue weighted by atomic mass is 79.9. The van der Waals surface area contributed by atoms with Crippen LogP contribution in [0.25, 0.3) is 0 Å². The maximum atomic E-state index is 11.7. The molecular weight excluding hydrogens is 410 g/mol. The molecule has 2 aromatic rings. The Morgan fingerprint density at radius 3 is 2.67 bits per heavy atom. The van der Waals surface area contributed by atoms with Crippen LogP contribution in [0, 0.1) is 10.1 Å². The van der Waals surface area contributed by atoms with E-state index in [1.54, 1.807) is 12.1 Å². The molecule has 0 unspecified atom stereocenters. The topological polar surface area (TPSA) is 69.6 Å². The van der Waals surface area contributed by atoms with E-state index < -0.39 is 10.6 Å². The van der Waals surface area contributed by atoms with Crippen molar-refractivity contribution in [3.8, 4) is 0 Å². The molecule has 2 aromatic carbocycles. The van der Waals surface area contributed by atoms with E-state index in [1.165, 1.54) is 12.1 Å². The van der Waals surface area contributed by atoms with Gasteiger partial charge in [-0.05, 0) is 43.5 Å². The maximum absolute atomic E-state index is 11.7. The van der Waals surface area contributed by atoms with Gasteiger partial charge in [0.05, 0.1) is 11.5 Å². The molecule has 0 saturated heterocycles. The molecule has 2 aliphatic rings. The van der Waals surface area contributed by atoms with Gasteiger partial charge in [0.1, 0.15) is 5.69 Å². The molecule has 27 heavy (non-hydrogen) atoms. The zero-order valence-corrected chi connectivity index (χ0v) is 16.4. The fourth-order valence-corrected chi connectivity index (χ4v) is 4.31. The second-order valence-corrected chi connectivity index (χ2v) is 7.98. The molecule has 1 N–H and O–H groups in total. The molecule has 140 valence electrons. The molecule has 0 aliphatic carbocycles. The quantitative estimate of drug-likeness (QED) is 0.453. The third kappa shape index (κ3) is 3.26. The Bertz CT molecular complexity index is 913. The minimum atomic E-state index is -1.28. The zero-order chi connectivity index (χ0) is 19.0. The minimum Gasteiger partial charge on any atom is -0.346 e. The predicted octanol–water partition coefficient (Wildman–Crippen LogP) is 4.01. The van der Waals surface area contributed by atoms with E-state index >= 15 is 0 Å². The number of benzene rings is 2. The fraction of sp³-hybridized carbons (Fsp3) is 0.350. The molecule has 0 radical (unpaired) electrons. The number of nitro benzene ring substituents is 1. The van der Waals surface area contributed by atoms with Crippen molar-refractivity contribution < 1.29 is 14.6 Å². The summed E-state index contributed by atoms with van der Waals surface area (Å²) >= 11 is 3.47. The van der Waals surface area contributed by atoms with Crippen LogP contribution in [0.1, 0.15) is 31.2 Å². The minimum absolute atomic E-state index is 0.000566. The number of amidine groups is 1. The predicted molar refractivity (Wildman–Crippen MR) is 107 cm³/mol. The van der Waals surface area contributed by atoms with E-state index in [9.17, 15) is 15.2 Å². The summed E-state index contributed by atoms with van der Waals surface area (Å²) in [6, 6.07) is 14.4. The van der Waals surface area contributed by atoms with Crippen molar-refractivity contribution in [1.82, 2.24) is 0 Å². The molecule has 0 amide bonds. The largest absolute Gasteiger partial charge is 0.346 e. The van der Waals surface area contributed by atoms with Crippen LogP contribution in [-0.4, -0.2) is 33.5 Å². The van der Waals surface area contributed by atoms with E-state index in [4.69, 9.17) is 0 Å². The fourth-order valence-electron chi connectivity index (χ4n) is 4.05. The number of aliphatic hydroxyl groups is 1. The molecule has 2 heterocycles. The van der Waals surface area contributed by atoms with Gasteiger partial charge in [0.25, 0.3) is 17.2 Å². The highest BCUT2D eigenvalue weighted by molar-refractivity contribution is 9.10. The molecule has 4 rings (SSSR count). The van der Waals surface area contributed by atoms with Crippen molar-refractivity contribution in [2.24, 2.45) is 0 Å². The first kappa shape index (κ1) is 18.1. The van der Waals surface area contributed by atoms with Crippen molar-refractivity contribution >= 4 is 33.1 Å². The number of hydrogen-bond acceptors (Lipinski definition) is 4. The number of hydrogen-bond donors (Lipinski definition) is 1. The Morgan fingerprint density at radius 1 is 1.15 bits per heavy atom. The number of nitrogens with zero attached hydrogens (tertiary/aromatic N) is 3. The molecular formula is C20H21BrN3O3+. The van der Waals surface area contributed by atoms with Gasteiger partial charge in [0.2, 0.25) is 0 Å². The average molecular weight is 431 g/mol. The molecule has 0 bridgehead atoms. The molecule has 1 atom stereocenters. The van der Waals surface area contributed by atoms with Crippen LogP contribution in [0.15, 0.2) is 53.0 Å². The Morgan fingerprint density at radius 2 is 1.93 bits per heavy atom. The Kier molecular flexibility index (Phi) is 4.74. The van der Waals surface area contributed by atoms with Crippen LogP contribution < -0.4 is 4.90 Å². The van der Waals surface area contributed by atoms with Gasteiger partial charge in [-0.15, -0.1) is 0 Å². The molecule has 0 aromatic heterocycles. The van der Waals surface area contributed by atoms with Gasteiger partial charge in [0.15, 0.2) is 6.54 Å². The van der Waals surface area contributed by atoms with Crippen molar-refractivity contribution in [3.63, 3.8) is 0 Å². The molecule has 0 fully saturated rings. The highest BCUT2D eigenvalue weighted by Crippen LogP contribution is 2.36. The lowest BCUT2D eigenvalue weighted by atomic mass is 10.0. The van der Waals surface area contributed by atoms with Crippen LogP contribution >= 0.6 is 15.9 Å². The monoisotopic (exact) mass is 430 g/mol. The lowest BCUT2D eigenvalue weighted by molar-refractivity contribution is -0.658. The summed E-state index contributed by atoms with van der Waals surface area (Å²) in [7, 11) is 0. The molecule has 0 saturated carbocycles. The summed E-state index contributed by atoms with van der Waals surface area (Å²) in [4.78, 5) is 13.0. The normalized spacial score (nSPS) is 22.5. The molecule has 2 aliphatic heterocycles. The number of β-amino-alcohol motifs (C(OH)–C–C–N with tert-alkyl or cyclic N) is 1. The lowest BCUT2D eigenvalue weighted by Crippen LogP contribution is -2.41. The van der Waals surface area contributed by atoms with Crippen LogP contribution in [0.3, 0.4) is 0 Å². The average Bonchev–Trinajstić information content (AvgIpc) is 2.83. The van der Waals surface area contributed by atoms with E-state index in [0.717, 1.165) is 48.2 Å². The van der Waals surface area contributed by atoms with Gasteiger partial charge in [-0.2, -0.15) is 0 Å². The van der Waals surface area contributed by atoms with Gasteiger partial charge in [-0.3, -0.25) is 10.1 Å². The molecule has 6 nitrogen and oxygen atoms in total. The number of anilines is 1. The van der Waals surface area contributed by atoms with Crippen molar-refractivity contribution in [2.45, 2.75) is 31.4 Å². The summed E-state index contributed by atoms with van der Waals surface area (Å²) in [6.45, 7) is 1.09. The van der Waals surface area contributed by atoms with Crippen LogP contribution in [0.2, 0.25) is 0 Å². The summed E-state index contributed by atoms with van der Waals surface area (Å²) in [5.74, 6) is 1.09. The summed E-state index contributed by atoms with van der Waals surface area (Å²) < 4.78 is 3.04. The summed E-state index contributed by atoms with van der Waals surface area (Å²) in [5, 5.41) is 22.9. The van der Waals surface area contributed by atoms with Crippen molar-refractivity contribution in [1.29, 1.82) is 0 Å². The van der Waals surface area contributed by atoms with E-state index in [0.29, 0.717) is 12.1 Å². The van der Waals surface area contributed by atoms with E-state index in [2.05, 4.69) is 20.8 Å².